The Morgan fingerprint density at radius 3 is 2.94 bits per heavy atom. The number of hydrogen-bond donors (Lipinski definition) is 3. The van der Waals surface area contributed by atoms with Gasteiger partial charge in [-0.05, 0) is 50.5 Å². The Bertz CT molecular complexity index is 1160. The van der Waals surface area contributed by atoms with Gasteiger partial charge in [-0.3, -0.25) is 9.52 Å². The summed E-state index contributed by atoms with van der Waals surface area (Å²) in [7, 11) is -3.87. The zero-order valence-electron chi connectivity index (χ0n) is 17.0. The number of rotatable bonds is 4. The van der Waals surface area contributed by atoms with Crippen LogP contribution in [0, 0.1) is 6.92 Å². The third-order valence-electron chi connectivity index (χ3n) is 5.44. The topological polar surface area (TPSA) is 134 Å². The van der Waals surface area contributed by atoms with Gasteiger partial charge >= 0.3 is 10.2 Å². The fourth-order valence-corrected chi connectivity index (χ4v) is 4.78. The molecule has 1 amide bonds. The molecular weight excluding hydrogens is 420 g/mol. The normalized spacial score (nSPS) is 19.7. The van der Waals surface area contributed by atoms with Crippen molar-refractivity contribution in [1.29, 1.82) is 0 Å². The monoisotopic (exact) mass is 444 g/mol. The Morgan fingerprint density at radius 2 is 2.13 bits per heavy atom. The van der Waals surface area contributed by atoms with Crippen LogP contribution in [0.25, 0.3) is 0 Å². The molecule has 0 aromatic heterocycles. The average Bonchev–Trinajstić information content (AvgIpc) is 2.72. The molecule has 0 spiro atoms. The molecule has 1 atom stereocenters. The average molecular weight is 445 g/mol. The molecule has 10 heteroatoms. The maximum Gasteiger partial charge on any atom is 0.344 e. The number of likely N-dealkylation sites (tertiary alicyclic amines) is 1. The lowest BCUT2D eigenvalue weighted by atomic mass is 10.0. The number of aryl methyl sites for hydroxylation is 1. The van der Waals surface area contributed by atoms with Gasteiger partial charge < -0.3 is 20.5 Å². The van der Waals surface area contributed by atoms with E-state index in [0.717, 1.165) is 24.8 Å². The predicted octanol–water partition coefficient (Wildman–Crippen LogP) is 2.15. The maximum atomic E-state index is 13.1. The Kier molecular flexibility index (Phi) is 5.48. The van der Waals surface area contributed by atoms with Gasteiger partial charge in [-0.2, -0.15) is 8.42 Å². The van der Waals surface area contributed by atoms with E-state index in [1.807, 2.05) is 6.92 Å². The molecule has 0 bridgehead atoms. The third-order valence-corrected chi connectivity index (χ3v) is 6.36. The molecule has 4 N–H and O–H groups in total. The quantitative estimate of drug-likeness (QED) is 0.661. The fourth-order valence-electron chi connectivity index (χ4n) is 3.94. The SMILES string of the molecule is Cc1ccc(O)c(C(=O)N2CCCC[C@@H]2COc2cccc3c2C(N)=NS(=O)(=O)N3)c1. The zero-order valence-corrected chi connectivity index (χ0v) is 17.9. The highest BCUT2D eigenvalue weighted by Crippen LogP contribution is 2.31. The van der Waals surface area contributed by atoms with E-state index in [4.69, 9.17) is 10.5 Å². The minimum Gasteiger partial charge on any atom is -0.507 e. The highest BCUT2D eigenvalue weighted by atomic mass is 32.2. The number of hydrogen-bond acceptors (Lipinski definition) is 6. The van der Waals surface area contributed by atoms with E-state index in [9.17, 15) is 18.3 Å². The first kappa shape index (κ1) is 21.0. The molecule has 2 aromatic carbocycles. The first-order valence-corrected chi connectivity index (χ1v) is 11.4. The Labute approximate surface area is 180 Å². The molecule has 2 aliphatic heterocycles. The number of benzene rings is 2. The van der Waals surface area contributed by atoms with Crippen molar-refractivity contribution in [3.63, 3.8) is 0 Å². The summed E-state index contributed by atoms with van der Waals surface area (Å²) >= 11 is 0. The van der Waals surface area contributed by atoms with E-state index in [2.05, 4.69) is 9.12 Å². The molecule has 0 unspecified atom stereocenters. The third kappa shape index (κ3) is 4.29. The number of phenolic OH excluding ortho intramolecular Hbond substituents is 1. The molecule has 9 nitrogen and oxygen atoms in total. The molecule has 1 fully saturated rings. The molecule has 4 rings (SSSR count). The zero-order chi connectivity index (χ0) is 22.2. The first-order valence-electron chi connectivity index (χ1n) is 10.00. The second-order valence-corrected chi connectivity index (χ2v) is 9.05. The van der Waals surface area contributed by atoms with Crippen LogP contribution in [0.5, 0.6) is 11.5 Å². The van der Waals surface area contributed by atoms with E-state index >= 15 is 0 Å². The van der Waals surface area contributed by atoms with Crippen LogP contribution in [0.15, 0.2) is 40.8 Å². The number of fused-ring (bicyclic) bond motifs is 1. The van der Waals surface area contributed by atoms with Gasteiger partial charge in [0, 0.05) is 6.54 Å². The summed E-state index contributed by atoms with van der Waals surface area (Å²) in [5, 5.41) is 10.2. The van der Waals surface area contributed by atoms with Crippen molar-refractivity contribution in [2.75, 3.05) is 17.9 Å². The number of nitrogens with two attached hydrogens (primary N) is 1. The number of amides is 1. The van der Waals surface area contributed by atoms with Crippen LogP contribution in [0.4, 0.5) is 5.69 Å². The molecule has 2 aromatic rings. The van der Waals surface area contributed by atoms with Gasteiger partial charge in [0.1, 0.15) is 18.1 Å². The summed E-state index contributed by atoms with van der Waals surface area (Å²) in [6.45, 7) is 2.64. The van der Waals surface area contributed by atoms with Crippen LogP contribution in [-0.2, 0) is 10.2 Å². The number of piperidine rings is 1. The van der Waals surface area contributed by atoms with Crippen molar-refractivity contribution in [2.24, 2.45) is 10.1 Å². The number of ether oxygens (including phenoxy) is 1. The highest BCUT2D eigenvalue weighted by molar-refractivity contribution is 7.91. The van der Waals surface area contributed by atoms with Crippen molar-refractivity contribution >= 4 is 27.6 Å². The maximum absolute atomic E-state index is 13.1. The minimum absolute atomic E-state index is 0.0470. The summed E-state index contributed by atoms with van der Waals surface area (Å²) in [5.74, 6) is -0.0456. The largest absolute Gasteiger partial charge is 0.507 e. The fraction of sp³-hybridized carbons (Fsp3) is 0.333. The molecule has 1 saturated heterocycles. The predicted molar refractivity (Wildman–Crippen MR) is 117 cm³/mol. The number of carbonyl (C=O) groups is 1. The minimum atomic E-state index is -3.87. The van der Waals surface area contributed by atoms with Crippen LogP contribution in [0.3, 0.4) is 0 Å². The van der Waals surface area contributed by atoms with Crippen LogP contribution in [-0.4, -0.2) is 49.4 Å². The molecule has 2 aliphatic rings. The Hall–Kier alpha value is -3.27. The number of carbonyl (C=O) groups excluding carboxylic acids is 1. The number of phenols is 1. The summed E-state index contributed by atoms with van der Waals surface area (Å²) in [6.07, 6.45) is 2.58. The molecule has 0 radical (unpaired) electrons. The summed E-state index contributed by atoms with van der Waals surface area (Å²) < 4.78 is 35.4. The van der Waals surface area contributed by atoms with Gasteiger partial charge in [0.05, 0.1) is 22.9 Å². The van der Waals surface area contributed by atoms with Gasteiger partial charge in [-0.1, -0.05) is 17.7 Å². The van der Waals surface area contributed by atoms with Crippen LogP contribution in [0.2, 0.25) is 0 Å². The molecule has 2 heterocycles. The first-order chi connectivity index (χ1) is 14.7. The summed E-state index contributed by atoms with van der Waals surface area (Å²) in [5.41, 5.74) is 7.71. The number of nitrogens with zero attached hydrogens (tertiary/aromatic N) is 2. The van der Waals surface area contributed by atoms with Gasteiger partial charge in [0.2, 0.25) is 0 Å². The lowest BCUT2D eigenvalue weighted by Gasteiger charge is -2.36. The molecule has 0 saturated carbocycles. The number of amidine groups is 1. The smallest absolute Gasteiger partial charge is 0.344 e. The van der Waals surface area contributed by atoms with Crippen LogP contribution < -0.4 is 15.2 Å². The molecular formula is C21H24N4O5S. The Balaban J connectivity index is 1.56. The van der Waals surface area contributed by atoms with E-state index in [1.165, 1.54) is 6.07 Å². The van der Waals surface area contributed by atoms with Crippen LogP contribution in [0.1, 0.15) is 40.7 Å². The van der Waals surface area contributed by atoms with Crippen molar-refractivity contribution < 1.29 is 23.1 Å². The van der Waals surface area contributed by atoms with Crippen molar-refractivity contribution in [1.82, 2.24) is 4.90 Å². The molecule has 31 heavy (non-hydrogen) atoms. The van der Waals surface area contributed by atoms with Crippen molar-refractivity contribution in [3.8, 4) is 11.5 Å². The van der Waals surface area contributed by atoms with Gasteiger partial charge in [-0.15, -0.1) is 4.40 Å². The van der Waals surface area contributed by atoms with Gasteiger partial charge in [0.15, 0.2) is 5.84 Å². The molecule has 164 valence electrons. The number of nitrogens with one attached hydrogen (secondary N) is 1. The lowest BCUT2D eigenvalue weighted by Crippen LogP contribution is -2.46. The standard InChI is InChI=1S/C21H24N4O5S/c1-13-8-9-17(26)15(11-13)21(27)25-10-3-2-5-14(25)12-30-18-7-4-6-16-19(18)20(22)24-31(28,29)23-16/h4,6-9,11,14,23,26H,2-3,5,10,12H2,1H3,(H2,22,24)/t14-/m1/s1. The van der Waals surface area contributed by atoms with Crippen LogP contribution >= 0.6 is 0 Å². The molecule has 0 aliphatic carbocycles. The van der Waals surface area contributed by atoms with Crippen molar-refractivity contribution in [2.45, 2.75) is 32.2 Å². The van der Waals surface area contributed by atoms with Crippen molar-refractivity contribution in [3.05, 3.63) is 53.1 Å². The second kappa shape index (κ2) is 8.10. The Morgan fingerprint density at radius 1 is 1.32 bits per heavy atom. The number of anilines is 1. The van der Waals surface area contributed by atoms with E-state index in [0.29, 0.717) is 23.5 Å². The van der Waals surface area contributed by atoms with E-state index in [-0.39, 0.29) is 35.7 Å². The second-order valence-electron chi connectivity index (χ2n) is 7.71. The summed E-state index contributed by atoms with van der Waals surface area (Å²) in [4.78, 5) is 14.9. The lowest BCUT2D eigenvalue weighted by molar-refractivity contribution is 0.0525. The van der Waals surface area contributed by atoms with E-state index < -0.39 is 10.2 Å². The highest BCUT2D eigenvalue weighted by Gasteiger charge is 2.30. The summed E-state index contributed by atoms with van der Waals surface area (Å²) in [6, 6.07) is 9.68. The van der Waals surface area contributed by atoms with E-state index in [1.54, 1.807) is 35.2 Å². The number of aromatic hydroxyl groups is 1. The van der Waals surface area contributed by atoms with Gasteiger partial charge in [0.25, 0.3) is 5.91 Å². The van der Waals surface area contributed by atoms with Gasteiger partial charge in [-0.25, -0.2) is 0 Å².